The van der Waals surface area contributed by atoms with E-state index in [1.807, 2.05) is 18.7 Å². The quantitative estimate of drug-likeness (QED) is 0.612. The van der Waals surface area contributed by atoms with Gasteiger partial charge in [-0.05, 0) is 13.3 Å². The van der Waals surface area contributed by atoms with E-state index in [0.29, 0.717) is 0 Å². The summed E-state index contributed by atoms with van der Waals surface area (Å²) in [6.07, 6.45) is 0.718. The van der Waals surface area contributed by atoms with Crippen molar-refractivity contribution in [2.24, 2.45) is 5.73 Å². The summed E-state index contributed by atoms with van der Waals surface area (Å²) in [5.41, 5.74) is 5.70. The van der Waals surface area contributed by atoms with Gasteiger partial charge in [-0.2, -0.15) is 0 Å². The van der Waals surface area contributed by atoms with Gasteiger partial charge in [0.25, 0.3) is 0 Å². The van der Waals surface area contributed by atoms with Gasteiger partial charge in [0.2, 0.25) is 5.91 Å². The van der Waals surface area contributed by atoms with Gasteiger partial charge in [-0.3, -0.25) is 4.79 Å². The third-order valence-electron chi connectivity index (χ3n) is 2.54. The van der Waals surface area contributed by atoms with Crippen molar-refractivity contribution >= 4 is 5.91 Å². The fraction of sp³-hybridized carbons (Fsp3) is 0.889. The maximum absolute atomic E-state index is 11.7. The Labute approximate surface area is 79.5 Å². The monoisotopic (exact) mass is 185 g/mol. The molecule has 0 saturated carbocycles. The van der Waals surface area contributed by atoms with Gasteiger partial charge in [-0.25, -0.2) is 0 Å². The maximum atomic E-state index is 11.7. The van der Waals surface area contributed by atoms with Gasteiger partial charge >= 0.3 is 0 Å². The lowest BCUT2D eigenvalue weighted by Crippen LogP contribution is -2.56. The van der Waals surface area contributed by atoms with Crippen molar-refractivity contribution < 1.29 is 4.79 Å². The SMILES string of the molecule is CC[C@@H](N)C(=O)N1CCNC[C@@H]1C. The van der Waals surface area contributed by atoms with Crippen molar-refractivity contribution in [3.05, 3.63) is 0 Å². The minimum Gasteiger partial charge on any atom is -0.336 e. The second-order valence-electron chi connectivity index (χ2n) is 3.60. The Morgan fingerprint density at radius 3 is 3.00 bits per heavy atom. The fourth-order valence-corrected chi connectivity index (χ4v) is 1.56. The first-order valence-corrected chi connectivity index (χ1v) is 4.93. The zero-order valence-corrected chi connectivity index (χ0v) is 8.42. The number of hydrogen-bond acceptors (Lipinski definition) is 3. The maximum Gasteiger partial charge on any atom is 0.239 e. The number of hydrogen-bond donors (Lipinski definition) is 2. The number of nitrogens with two attached hydrogens (primary N) is 1. The first-order valence-electron chi connectivity index (χ1n) is 4.93. The molecule has 1 saturated heterocycles. The van der Waals surface area contributed by atoms with E-state index in [0.717, 1.165) is 26.1 Å². The number of nitrogens with one attached hydrogen (secondary N) is 1. The van der Waals surface area contributed by atoms with Crippen molar-refractivity contribution in [1.82, 2.24) is 10.2 Å². The third-order valence-corrected chi connectivity index (χ3v) is 2.54. The van der Waals surface area contributed by atoms with Crippen LogP contribution in [-0.2, 0) is 4.79 Å². The summed E-state index contributed by atoms with van der Waals surface area (Å²) in [5, 5.41) is 3.24. The van der Waals surface area contributed by atoms with E-state index in [9.17, 15) is 4.79 Å². The molecule has 0 bridgehead atoms. The Bertz CT molecular complexity index is 184. The second kappa shape index (κ2) is 4.58. The van der Waals surface area contributed by atoms with E-state index < -0.39 is 0 Å². The predicted molar refractivity (Wildman–Crippen MR) is 52.3 cm³/mol. The zero-order valence-electron chi connectivity index (χ0n) is 8.42. The zero-order chi connectivity index (χ0) is 9.84. The molecule has 0 aromatic rings. The van der Waals surface area contributed by atoms with E-state index in [1.165, 1.54) is 0 Å². The molecule has 2 atom stereocenters. The van der Waals surface area contributed by atoms with Crippen molar-refractivity contribution in [2.75, 3.05) is 19.6 Å². The molecule has 1 rings (SSSR count). The first-order chi connectivity index (χ1) is 6.16. The van der Waals surface area contributed by atoms with Gasteiger partial charge in [0.1, 0.15) is 0 Å². The molecule has 0 aromatic heterocycles. The lowest BCUT2D eigenvalue weighted by molar-refractivity contribution is -0.135. The molecule has 76 valence electrons. The summed E-state index contributed by atoms with van der Waals surface area (Å²) in [6, 6.07) is -0.0422. The van der Waals surface area contributed by atoms with E-state index in [-0.39, 0.29) is 18.0 Å². The molecule has 1 heterocycles. The second-order valence-corrected chi connectivity index (χ2v) is 3.60. The van der Waals surface area contributed by atoms with Crippen LogP contribution < -0.4 is 11.1 Å². The minimum atomic E-state index is -0.319. The number of carbonyl (C=O) groups is 1. The normalized spacial score (nSPS) is 25.8. The first kappa shape index (κ1) is 10.5. The largest absolute Gasteiger partial charge is 0.336 e. The molecule has 1 aliphatic rings. The molecular weight excluding hydrogens is 166 g/mol. The van der Waals surface area contributed by atoms with Crippen molar-refractivity contribution in [3.8, 4) is 0 Å². The highest BCUT2D eigenvalue weighted by molar-refractivity contribution is 5.82. The van der Waals surface area contributed by atoms with Crippen LogP contribution in [-0.4, -0.2) is 42.5 Å². The van der Waals surface area contributed by atoms with Crippen LogP contribution in [0, 0.1) is 0 Å². The average molecular weight is 185 g/mol. The topological polar surface area (TPSA) is 58.4 Å². The van der Waals surface area contributed by atoms with Gasteiger partial charge in [-0.1, -0.05) is 6.92 Å². The Kier molecular flexibility index (Phi) is 3.69. The van der Waals surface area contributed by atoms with Crippen LogP contribution in [0.25, 0.3) is 0 Å². The summed E-state index contributed by atoms with van der Waals surface area (Å²) in [7, 11) is 0. The highest BCUT2D eigenvalue weighted by Crippen LogP contribution is 2.05. The molecule has 0 aromatic carbocycles. The van der Waals surface area contributed by atoms with E-state index in [1.54, 1.807) is 0 Å². The van der Waals surface area contributed by atoms with Crippen molar-refractivity contribution in [3.63, 3.8) is 0 Å². The summed E-state index contributed by atoms with van der Waals surface area (Å²) in [4.78, 5) is 13.6. The van der Waals surface area contributed by atoms with Crippen LogP contribution in [0.15, 0.2) is 0 Å². The Hall–Kier alpha value is -0.610. The summed E-state index contributed by atoms with van der Waals surface area (Å²) in [6.45, 7) is 6.53. The van der Waals surface area contributed by atoms with Gasteiger partial charge in [0.05, 0.1) is 6.04 Å². The van der Waals surface area contributed by atoms with Crippen LogP contribution in [0.3, 0.4) is 0 Å². The van der Waals surface area contributed by atoms with E-state index in [2.05, 4.69) is 5.32 Å². The number of carbonyl (C=O) groups excluding carboxylic acids is 1. The Morgan fingerprint density at radius 1 is 1.77 bits per heavy atom. The molecule has 1 fully saturated rings. The van der Waals surface area contributed by atoms with Crippen molar-refractivity contribution in [2.45, 2.75) is 32.4 Å². The van der Waals surface area contributed by atoms with E-state index in [4.69, 9.17) is 5.73 Å². The van der Waals surface area contributed by atoms with E-state index >= 15 is 0 Å². The summed E-state index contributed by atoms with van der Waals surface area (Å²) < 4.78 is 0. The van der Waals surface area contributed by atoms with Gasteiger partial charge in [0.15, 0.2) is 0 Å². The number of nitrogens with zero attached hydrogens (tertiary/aromatic N) is 1. The average Bonchev–Trinajstić information content (AvgIpc) is 2.16. The van der Waals surface area contributed by atoms with Crippen LogP contribution in [0.1, 0.15) is 20.3 Å². The molecule has 13 heavy (non-hydrogen) atoms. The number of rotatable bonds is 2. The molecule has 3 N–H and O–H groups in total. The molecule has 1 aliphatic heterocycles. The van der Waals surface area contributed by atoms with Crippen LogP contribution in [0.4, 0.5) is 0 Å². The highest BCUT2D eigenvalue weighted by atomic mass is 16.2. The molecule has 0 aliphatic carbocycles. The highest BCUT2D eigenvalue weighted by Gasteiger charge is 2.25. The Morgan fingerprint density at radius 2 is 2.46 bits per heavy atom. The molecule has 4 nitrogen and oxygen atoms in total. The predicted octanol–water partition coefficient (Wildman–Crippen LogP) is -0.456. The Balaban J connectivity index is 2.53. The van der Waals surface area contributed by atoms with Crippen LogP contribution in [0.2, 0.25) is 0 Å². The van der Waals surface area contributed by atoms with Gasteiger partial charge in [-0.15, -0.1) is 0 Å². The summed E-state index contributed by atoms with van der Waals surface area (Å²) >= 11 is 0. The number of piperazine rings is 1. The standard InChI is InChI=1S/C9H19N3O/c1-3-8(10)9(13)12-5-4-11-6-7(12)2/h7-8,11H,3-6,10H2,1-2H3/t7-,8+/m0/s1. The lowest BCUT2D eigenvalue weighted by atomic mass is 10.1. The van der Waals surface area contributed by atoms with Gasteiger partial charge < -0.3 is 16.0 Å². The van der Waals surface area contributed by atoms with Crippen LogP contribution >= 0.6 is 0 Å². The lowest BCUT2D eigenvalue weighted by Gasteiger charge is -2.35. The van der Waals surface area contributed by atoms with Gasteiger partial charge in [0, 0.05) is 25.7 Å². The number of amides is 1. The molecule has 1 amide bonds. The fourth-order valence-electron chi connectivity index (χ4n) is 1.56. The summed E-state index contributed by atoms with van der Waals surface area (Å²) in [5.74, 6) is 0.0940. The molecule has 0 unspecified atom stereocenters. The molecular formula is C9H19N3O. The minimum absolute atomic E-state index is 0.0940. The van der Waals surface area contributed by atoms with Crippen LogP contribution in [0.5, 0.6) is 0 Å². The van der Waals surface area contributed by atoms with Crippen molar-refractivity contribution in [1.29, 1.82) is 0 Å². The third kappa shape index (κ3) is 2.42. The molecule has 0 spiro atoms. The smallest absolute Gasteiger partial charge is 0.239 e. The molecule has 4 heteroatoms. The molecule has 0 radical (unpaired) electrons.